The number of fused-ring (bicyclic) bond motifs is 1. The van der Waals surface area contributed by atoms with E-state index in [0.29, 0.717) is 17.8 Å². The standard InChI is InChI=1S/C23H24BrN7O/c24-18-10-26-22-20(21(18)30-8-4-7-17(25)14-30)19(11-27-22)29-23(32)16-9-28-31(13-16)12-15-5-2-1-3-6-15/h1-3,5-6,9-11,13,17H,4,7-8,12,14,25H2,(H,26,27)(H,29,32). The Labute approximate surface area is 193 Å². The van der Waals surface area contributed by atoms with Gasteiger partial charge < -0.3 is 20.9 Å². The van der Waals surface area contributed by atoms with E-state index in [1.165, 1.54) is 0 Å². The van der Waals surface area contributed by atoms with Crippen LogP contribution in [-0.2, 0) is 6.54 Å². The van der Waals surface area contributed by atoms with Gasteiger partial charge in [0.2, 0.25) is 0 Å². The van der Waals surface area contributed by atoms with Crippen molar-refractivity contribution in [2.45, 2.75) is 25.4 Å². The predicted molar refractivity (Wildman–Crippen MR) is 129 cm³/mol. The molecule has 0 saturated carbocycles. The number of amides is 1. The first kappa shape index (κ1) is 20.7. The maximum atomic E-state index is 13.0. The third-order valence-electron chi connectivity index (χ3n) is 5.73. The van der Waals surface area contributed by atoms with E-state index in [9.17, 15) is 4.79 Å². The average molecular weight is 494 g/mol. The van der Waals surface area contributed by atoms with Gasteiger partial charge in [-0.1, -0.05) is 30.3 Å². The van der Waals surface area contributed by atoms with Gasteiger partial charge in [-0.25, -0.2) is 4.98 Å². The molecule has 0 radical (unpaired) electrons. The van der Waals surface area contributed by atoms with Gasteiger partial charge in [0.25, 0.3) is 5.91 Å². The summed E-state index contributed by atoms with van der Waals surface area (Å²) < 4.78 is 2.64. The largest absolute Gasteiger partial charge is 0.368 e. The number of piperidine rings is 1. The molecular formula is C23H24BrN7O. The summed E-state index contributed by atoms with van der Waals surface area (Å²) in [5.41, 5.74) is 10.3. The third-order valence-corrected chi connectivity index (χ3v) is 6.31. The Hall–Kier alpha value is -3.17. The van der Waals surface area contributed by atoms with Gasteiger partial charge in [0, 0.05) is 37.7 Å². The summed E-state index contributed by atoms with van der Waals surface area (Å²) in [5, 5.41) is 8.25. The van der Waals surface area contributed by atoms with Crippen LogP contribution in [-0.4, -0.2) is 44.8 Å². The fourth-order valence-corrected chi connectivity index (χ4v) is 4.76. The lowest BCUT2D eigenvalue weighted by Gasteiger charge is -2.33. The molecule has 32 heavy (non-hydrogen) atoms. The van der Waals surface area contributed by atoms with Gasteiger partial charge in [0.15, 0.2) is 0 Å². The van der Waals surface area contributed by atoms with E-state index < -0.39 is 0 Å². The Morgan fingerprint density at radius 1 is 1.28 bits per heavy atom. The number of aromatic nitrogens is 4. The van der Waals surface area contributed by atoms with Crippen molar-refractivity contribution in [3.05, 3.63) is 70.7 Å². The molecule has 0 bridgehead atoms. The number of hydrogen-bond donors (Lipinski definition) is 3. The number of halogens is 1. The summed E-state index contributed by atoms with van der Waals surface area (Å²) in [7, 11) is 0. The number of benzene rings is 1. The number of nitrogens with zero attached hydrogens (tertiary/aromatic N) is 4. The highest BCUT2D eigenvalue weighted by atomic mass is 79.9. The van der Waals surface area contributed by atoms with E-state index in [-0.39, 0.29) is 11.9 Å². The third kappa shape index (κ3) is 4.13. The van der Waals surface area contributed by atoms with Crippen molar-refractivity contribution in [2.24, 2.45) is 5.73 Å². The van der Waals surface area contributed by atoms with Crippen molar-refractivity contribution in [3.8, 4) is 0 Å². The van der Waals surface area contributed by atoms with E-state index in [1.54, 1.807) is 29.5 Å². The maximum absolute atomic E-state index is 13.0. The number of rotatable bonds is 5. The second-order valence-electron chi connectivity index (χ2n) is 8.10. The molecule has 4 aromatic rings. The van der Waals surface area contributed by atoms with Crippen LogP contribution < -0.4 is 16.0 Å². The first-order chi connectivity index (χ1) is 15.6. The van der Waals surface area contributed by atoms with E-state index in [1.807, 2.05) is 30.3 Å². The first-order valence-corrected chi connectivity index (χ1v) is 11.4. The van der Waals surface area contributed by atoms with Gasteiger partial charge in [0.1, 0.15) is 5.65 Å². The van der Waals surface area contributed by atoms with E-state index in [2.05, 4.69) is 41.2 Å². The Bertz CT molecular complexity index is 1250. The molecular weight excluding hydrogens is 470 g/mol. The minimum absolute atomic E-state index is 0.131. The molecule has 1 atom stereocenters. The Kier molecular flexibility index (Phi) is 5.67. The van der Waals surface area contributed by atoms with Gasteiger partial charge in [-0.2, -0.15) is 5.10 Å². The number of anilines is 2. The van der Waals surface area contributed by atoms with Gasteiger partial charge in [0.05, 0.1) is 39.5 Å². The second kappa shape index (κ2) is 8.76. The summed E-state index contributed by atoms with van der Waals surface area (Å²) in [6, 6.07) is 10.2. The summed E-state index contributed by atoms with van der Waals surface area (Å²) in [4.78, 5) is 22.9. The van der Waals surface area contributed by atoms with Crippen LogP contribution in [0.15, 0.2) is 59.6 Å². The van der Waals surface area contributed by atoms with Gasteiger partial charge >= 0.3 is 0 Å². The minimum atomic E-state index is -0.216. The van der Waals surface area contributed by atoms with Crippen LogP contribution in [0.1, 0.15) is 28.8 Å². The number of carbonyl (C=O) groups excluding carboxylic acids is 1. The number of carbonyl (C=O) groups is 1. The summed E-state index contributed by atoms with van der Waals surface area (Å²) in [6.07, 6.45) is 8.97. The van der Waals surface area contributed by atoms with Crippen molar-refractivity contribution >= 4 is 44.2 Å². The molecule has 1 unspecified atom stereocenters. The smallest absolute Gasteiger partial charge is 0.258 e. The van der Waals surface area contributed by atoms with Crippen LogP contribution in [0.2, 0.25) is 0 Å². The van der Waals surface area contributed by atoms with E-state index >= 15 is 0 Å². The highest BCUT2D eigenvalue weighted by Gasteiger charge is 2.24. The zero-order valence-electron chi connectivity index (χ0n) is 17.5. The molecule has 8 nitrogen and oxygen atoms in total. The molecule has 0 aliphatic carbocycles. The topological polar surface area (TPSA) is 105 Å². The lowest BCUT2D eigenvalue weighted by atomic mass is 10.1. The Balaban J connectivity index is 1.41. The second-order valence-corrected chi connectivity index (χ2v) is 8.95. The van der Waals surface area contributed by atoms with Crippen molar-refractivity contribution in [1.29, 1.82) is 0 Å². The van der Waals surface area contributed by atoms with Gasteiger partial charge in [-0.15, -0.1) is 0 Å². The quantitative estimate of drug-likeness (QED) is 0.392. The van der Waals surface area contributed by atoms with Crippen LogP contribution in [0.3, 0.4) is 0 Å². The fraction of sp³-hybridized carbons (Fsp3) is 0.261. The Morgan fingerprint density at radius 2 is 2.12 bits per heavy atom. The number of pyridine rings is 1. The molecule has 1 amide bonds. The summed E-state index contributed by atoms with van der Waals surface area (Å²) in [5.74, 6) is -0.216. The molecule has 1 saturated heterocycles. The molecule has 1 aromatic carbocycles. The average Bonchev–Trinajstić information content (AvgIpc) is 3.42. The molecule has 1 aliphatic heterocycles. The molecule has 4 N–H and O–H groups in total. The van der Waals surface area contributed by atoms with E-state index in [0.717, 1.165) is 52.7 Å². The van der Waals surface area contributed by atoms with Crippen LogP contribution in [0, 0.1) is 0 Å². The van der Waals surface area contributed by atoms with Crippen LogP contribution in [0.5, 0.6) is 0 Å². The number of aromatic amines is 1. The molecule has 9 heteroatoms. The molecule has 1 fully saturated rings. The van der Waals surface area contributed by atoms with Gasteiger partial charge in [-0.3, -0.25) is 9.48 Å². The SMILES string of the molecule is NC1CCCN(c2c(Br)cnc3[nH]cc(NC(=O)c4cnn(Cc5ccccc5)c4)c23)C1. The number of hydrogen-bond acceptors (Lipinski definition) is 5. The lowest BCUT2D eigenvalue weighted by Crippen LogP contribution is -2.43. The zero-order valence-corrected chi connectivity index (χ0v) is 19.0. The highest BCUT2D eigenvalue weighted by molar-refractivity contribution is 9.10. The molecule has 5 rings (SSSR count). The summed E-state index contributed by atoms with van der Waals surface area (Å²) >= 11 is 3.65. The molecule has 164 valence electrons. The molecule has 4 heterocycles. The number of nitrogens with two attached hydrogens (primary N) is 1. The lowest BCUT2D eigenvalue weighted by molar-refractivity contribution is 0.102. The maximum Gasteiger partial charge on any atom is 0.258 e. The number of nitrogens with one attached hydrogen (secondary N) is 2. The van der Waals surface area contributed by atoms with Crippen LogP contribution in [0.4, 0.5) is 11.4 Å². The van der Waals surface area contributed by atoms with Crippen molar-refractivity contribution < 1.29 is 4.79 Å². The molecule has 1 aliphatic rings. The monoisotopic (exact) mass is 493 g/mol. The van der Waals surface area contributed by atoms with Gasteiger partial charge in [-0.05, 0) is 34.3 Å². The minimum Gasteiger partial charge on any atom is -0.368 e. The Morgan fingerprint density at radius 3 is 2.94 bits per heavy atom. The normalized spacial score (nSPS) is 16.4. The molecule has 0 spiro atoms. The molecule has 3 aromatic heterocycles. The van der Waals surface area contributed by atoms with Crippen molar-refractivity contribution in [3.63, 3.8) is 0 Å². The number of H-pyrrole nitrogens is 1. The first-order valence-electron chi connectivity index (χ1n) is 10.6. The van der Waals surface area contributed by atoms with Crippen LogP contribution >= 0.6 is 15.9 Å². The van der Waals surface area contributed by atoms with Crippen LogP contribution in [0.25, 0.3) is 11.0 Å². The van der Waals surface area contributed by atoms with Crippen molar-refractivity contribution in [2.75, 3.05) is 23.3 Å². The predicted octanol–water partition coefficient (Wildman–Crippen LogP) is 3.75. The summed E-state index contributed by atoms with van der Waals surface area (Å²) in [6.45, 7) is 2.29. The van der Waals surface area contributed by atoms with Crippen molar-refractivity contribution in [1.82, 2.24) is 19.7 Å². The fourth-order valence-electron chi connectivity index (χ4n) is 4.21. The zero-order chi connectivity index (χ0) is 22.1. The highest BCUT2D eigenvalue weighted by Crippen LogP contribution is 2.38. The van der Waals surface area contributed by atoms with E-state index in [4.69, 9.17) is 5.73 Å².